The van der Waals surface area contributed by atoms with Gasteiger partial charge in [0, 0.05) is 49.3 Å². The average Bonchev–Trinajstić information content (AvgIpc) is 3.45. The Bertz CT molecular complexity index is 1540. The molecule has 188 valence electrons. The van der Waals surface area contributed by atoms with E-state index in [0.717, 1.165) is 49.6 Å². The van der Waals surface area contributed by atoms with Crippen LogP contribution in [0.4, 0.5) is 5.82 Å². The lowest BCUT2D eigenvalue weighted by atomic mass is 9.83. The maximum atomic E-state index is 11.6. The van der Waals surface area contributed by atoms with Crippen molar-refractivity contribution in [1.29, 1.82) is 0 Å². The highest BCUT2D eigenvalue weighted by molar-refractivity contribution is 7.11. The van der Waals surface area contributed by atoms with Crippen molar-refractivity contribution in [1.82, 2.24) is 19.4 Å². The zero-order valence-corrected chi connectivity index (χ0v) is 21.5. The van der Waals surface area contributed by atoms with Crippen molar-refractivity contribution in [3.8, 4) is 17.0 Å². The number of nitrogens with zero attached hydrogens (tertiary/aromatic N) is 4. The number of imidazole rings is 1. The van der Waals surface area contributed by atoms with Gasteiger partial charge in [0.1, 0.15) is 52.9 Å². The van der Waals surface area contributed by atoms with Gasteiger partial charge in [-0.25, -0.2) is 15.0 Å². The predicted molar refractivity (Wildman–Crippen MR) is 142 cm³/mol. The highest BCUT2D eigenvalue weighted by Crippen LogP contribution is 2.38. The van der Waals surface area contributed by atoms with Crippen LogP contribution in [0.5, 0.6) is 5.75 Å². The van der Waals surface area contributed by atoms with Gasteiger partial charge in [-0.2, -0.15) is 0 Å². The number of Topliss-reactive ketones (excluding diaryl/α,β-unsaturated/α-hetero) is 1. The minimum Gasteiger partial charge on any atom is -0.492 e. The van der Waals surface area contributed by atoms with Gasteiger partial charge in [0.05, 0.1) is 9.88 Å². The monoisotopic (exact) mass is 513 g/mol. The molecule has 1 saturated carbocycles. The minimum atomic E-state index is -0.120. The molecule has 1 unspecified atom stereocenters. The average molecular weight is 514 g/mol. The van der Waals surface area contributed by atoms with E-state index in [4.69, 9.17) is 20.2 Å². The maximum Gasteiger partial charge on any atom is 0.150 e. The Balaban J connectivity index is 1.18. The molecule has 4 aromatic rings. The number of fused-ring (bicyclic) bond motifs is 1. The molecule has 3 aromatic heterocycles. The van der Waals surface area contributed by atoms with Gasteiger partial charge in [0.2, 0.25) is 0 Å². The summed E-state index contributed by atoms with van der Waals surface area (Å²) in [7, 11) is 0. The molecule has 0 bridgehead atoms. The first-order chi connectivity index (χ1) is 17.9. The lowest BCUT2D eigenvalue weighted by Gasteiger charge is -2.22. The van der Waals surface area contributed by atoms with Gasteiger partial charge in [-0.1, -0.05) is 0 Å². The lowest BCUT2D eigenvalue weighted by molar-refractivity contribution is -0.124. The number of ketones is 1. The Morgan fingerprint density at radius 3 is 2.68 bits per heavy atom. The number of carbonyl (C=O) groups is 1. The second kappa shape index (κ2) is 9.48. The first-order valence-corrected chi connectivity index (χ1v) is 13.1. The summed E-state index contributed by atoms with van der Waals surface area (Å²) in [6, 6.07) is 7.86. The van der Waals surface area contributed by atoms with Crippen LogP contribution in [-0.2, 0) is 16.1 Å². The Kier molecular flexibility index (Phi) is 6.00. The molecule has 1 atom stereocenters. The highest BCUT2D eigenvalue weighted by atomic mass is 32.1. The fraction of sp³-hybridized carbons (Fsp3) is 0.286. The van der Waals surface area contributed by atoms with E-state index in [1.54, 1.807) is 17.5 Å². The minimum absolute atomic E-state index is 0.115. The topological polar surface area (TPSA) is 105 Å². The molecule has 3 heterocycles. The summed E-state index contributed by atoms with van der Waals surface area (Å²) < 4.78 is 14.3. The van der Waals surface area contributed by atoms with Gasteiger partial charge in [0.15, 0.2) is 0 Å². The van der Waals surface area contributed by atoms with Crippen LogP contribution in [0, 0.1) is 6.92 Å². The van der Waals surface area contributed by atoms with Crippen LogP contribution < -0.4 is 10.5 Å². The number of nitrogen functional groups attached to an aromatic ring is 1. The zero-order chi connectivity index (χ0) is 25.5. The Hall–Kier alpha value is -3.98. The van der Waals surface area contributed by atoms with Gasteiger partial charge in [-0.05, 0) is 55.8 Å². The van der Waals surface area contributed by atoms with Gasteiger partial charge in [-0.3, -0.25) is 9.20 Å². The summed E-state index contributed by atoms with van der Waals surface area (Å²) >= 11 is 1.65. The molecule has 0 spiro atoms. The second-order valence-corrected chi connectivity index (χ2v) is 10.9. The van der Waals surface area contributed by atoms with Crippen LogP contribution in [0.2, 0.25) is 0 Å². The summed E-state index contributed by atoms with van der Waals surface area (Å²) in [5, 5.41) is 1.04. The molecular weight excluding hydrogens is 486 g/mol. The summed E-state index contributed by atoms with van der Waals surface area (Å²) in [4.78, 5) is 26.2. The van der Waals surface area contributed by atoms with E-state index in [2.05, 4.69) is 22.1 Å². The molecule has 6 rings (SSSR count). The van der Waals surface area contributed by atoms with E-state index in [1.807, 2.05) is 54.9 Å². The summed E-state index contributed by atoms with van der Waals surface area (Å²) in [6.07, 6.45) is 11.1. The van der Waals surface area contributed by atoms with Crippen molar-refractivity contribution in [2.45, 2.75) is 51.7 Å². The van der Waals surface area contributed by atoms with Crippen molar-refractivity contribution in [3.63, 3.8) is 0 Å². The third-order valence-corrected chi connectivity index (χ3v) is 7.53. The van der Waals surface area contributed by atoms with Gasteiger partial charge in [0.25, 0.3) is 0 Å². The number of allylic oxidation sites excluding steroid dienone is 2. The number of hydrogen-bond donors (Lipinski definition) is 1. The van der Waals surface area contributed by atoms with E-state index >= 15 is 0 Å². The molecule has 0 saturated heterocycles. The molecule has 37 heavy (non-hydrogen) atoms. The van der Waals surface area contributed by atoms with Gasteiger partial charge >= 0.3 is 0 Å². The molecule has 0 radical (unpaired) electrons. The van der Waals surface area contributed by atoms with Gasteiger partial charge < -0.3 is 15.2 Å². The van der Waals surface area contributed by atoms with Crippen molar-refractivity contribution in [2.75, 3.05) is 5.73 Å². The molecule has 1 aromatic carbocycles. The summed E-state index contributed by atoms with van der Waals surface area (Å²) in [6.45, 7) is 4.56. The number of aryl methyl sites for hydroxylation is 1. The van der Waals surface area contributed by atoms with E-state index in [0.29, 0.717) is 31.7 Å². The number of ether oxygens (including phenoxy) is 2. The van der Waals surface area contributed by atoms with Crippen LogP contribution >= 0.6 is 11.3 Å². The summed E-state index contributed by atoms with van der Waals surface area (Å²) in [5.74, 6) is 3.32. The van der Waals surface area contributed by atoms with Crippen LogP contribution in [0.25, 0.3) is 16.8 Å². The number of benzene rings is 1. The van der Waals surface area contributed by atoms with Crippen LogP contribution in [0.3, 0.4) is 0 Å². The molecule has 8 nitrogen and oxygen atoms in total. The largest absolute Gasteiger partial charge is 0.492 e. The first-order valence-electron chi connectivity index (χ1n) is 12.3. The molecule has 1 fully saturated rings. The van der Waals surface area contributed by atoms with Crippen molar-refractivity contribution < 1.29 is 14.3 Å². The molecule has 2 N–H and O–H groups in total. The number of carbonyl (C=O) groups excluding carboxylic acids is 1. The zero-order valence-electron chi connectivity index (χ0n) is 20.7. The van der Waals surface area contributed by atoms with Crippen molar-refractivity contribution in [3.05, 3.63) is 82.0 Å². The first kappa shape index (κ1) is 23.4. The number of anilines is 1. The summed E-state index contributed by atoms with van der Waals surface area (Å²) in [5.41, 5.74) is 9.80. The van der Waals surface area contributed by atoms with Crippen LogP contribution in [-0.4, -0.2) is 31.2 Å². The quantitative estimate of drug-likeness (QED) is 0.353. The number of rotatable bonds is 7. The number of hydrogen-bond acceptors (Lipinski definition) is 8. The molecular formula is C28H27N5O3S. The maximum absolute atomic E-state index is 11.6. The van der Waals surface area contributed by atoms with E-state index in [1.165, 1.54) is 0 Å². The van der Waals surface area contributed by atoms with Crippen LogP contribution in [0.15, 0.2) is 66.3 Å². The Morgan fingerprint density at radius 2 is 1.95 bits per heavy atom. The Labute approximate surface area is 218 Å². The van der Waals surface area contributed by atoms with Crippen molar-refractivity contribution >= 4 is 28.5 Å². The molecule has 2 aliphatic carbocycles. The molecule has 0 aliphatic heterocycles. The smallest absolute Gasteiger partial charge is 0.150 e. The SMILES string of the molecule is CC1=CC(Oc2ccc(-c3nc(C4CC(=O)C4)n4ccnc(N)c34)cc2)CC(OCc2cnc(C)s2)=C1. The third-order valence-electron chi connectivity index (χ3n) is 6.65. The van der Waals surface area contributed by atoms with E-state index in [9.17, 15) is 4.79 Å². The normalized spacial score (nSPS) is 17.9. The lowest BCUT2D eigenvalue weighted by Crippen LogP contribution is -2.23. The third kappa shape index (κ3) is 4.74. The number of aromatic nitrogens is 4. The predicted octanol–water partition coefficient (Wildman–Crippen LogP) is 5.39. The number of nitrogens with two attached hydrogens (primary N) is 1. The molecule has 9 heteroatoms. The second-order valence-electron chi connectivity index (χ2n) is 9.53. The molecule has 0 amide bonds. The molecule has 2 aliphatic rings. The van der Waals surface area contributed by atoms with Crippen molar-refractivity contribution in [2.24, 2.45) is 0 Å². The fourth-order valence-electron chi connectivity index (χ4n) is 4.84. The highest BCUT2D eigenvalue weighted by Gasteiger charge is 2.32. The number of thiazole rings is 1. The van der Waals surface area contributed by atoms with E-state index < -0.39 is 0 Å². The van der Waals surface area contributed by atoms with E-state index in [-0.39, 0.29) is 17.8 Å². The Morgan fingerprint density at radius 1 is 1.14 bits per heavy atom. The standard InChI is InChI=1S/C28H27N5O3S/c1-16-9-22(35-15-24-14-31-17(2)37-24)13-23(10-16)36-21-5-3-18(4-6-21)25-26-27(29)30-7-8-33(26)28(32-25)19-11-20(34)12-19/h3-10,14,19,23H,11-13,15H2,1-2H3,(H2,29,30). The van der Waals surface area contributed by atoms with Gasteiger partial charge in [-0.15, -0.1) is 11.3 Å². The van der Waals surface area contributed by atoms with Crippen LogP contribution in [0.1, 0.15) is 47.8 Å². The fourth-order valence-corrected chi connectivity index (χ4v) is 5.55.